The van der Waals surface area contributed by atoms with Gasteiger partial charge in [0.25, 0.3) is 5.56 Å². The summed E-state index contributed by atoms with van der Waals surface area (Å²) in [5.41, 5.74) is 1.15. The van der Waals surface area contributed by atoms with Crippen LogP contribution in [0.5, 0.6) is 0 Å². The molecule has 0 amide bonds. The highest BCUT2D eigenvalue weighted by Crippen LogP contribution is 2.18. The third-order valence-electron chi connectivity index (χ3n) is 2.87. The summed E-state index contributed by atoms with van der Waals surface area (Å²) in [6.45, 7) is 2.84. The summed E-state index contributed by atoms with van der Waals surface area (Å²) in [5, 5.41) is 1.69. The molecule has 0 saturated heterocycles. The van der Waals surface area contributed by atoms with Crippen molar-refractivity contribution in [3.05, 3.63) is 40.1 Å². The molecule has 2 heterocycles. The highest BCUT2D eigenvalue weighted by Gasteiger charge is 2.10. The van der Waals surface area contributed by atoms with Crippen molar-refractivity contribution < 1.29 is 4.74 Å². The van der Waals surface area contributed by atoms with Crippen LogP contribution in [0.2, 0.25) is 0 Å². The van der Waals surface area contributed by atoms with E-state index >= 15 is 0 Å². The van der Waals surface area contributed by atoms with Crippen molar-refractivity contribution in [3.8, 4) is 12.3 Å². The number of ether oxygens (including phenoxy) is 1. The highest BCUT2D eigenvalue weighted by molar-refractivity contribution is 5.89. The van der Waals surface area contributed by atoms with Gasteiger partial charge in [-0.25, -0.2) is 0 Å². The number of hydrogen-bond donors (Lipinski definition) is 0. The SMILES string of the molecule is C#Cc1c(=O)n(CCOC)cc2cncc(C)c12. The molecular formula is C14H14N2O2. The molecule has 18 heavy (non-hydrogen) atoms. The van der Waals surface area contributed by atoms with Gasteiger partial charge in [-0.2, -0.15) is 0 Å². The summed E-state index contributed by atoms with van der Waals surface area (Å²) < 4.78 is 6.55. The lowest BCUT2D eigenvalue weighted by molar-refractivity contribution is 0.186. The average Bonchev–Trinajstić information content (AvgIpc) is 2.37. The fourth-order valence-electron chi connectivity index (χ4n) is 1.99. The molecule has 0 aliphatic carbocycles. The monoisotopic (exact) mass is 242 g/mol. The van der Waals surface area contributed by atoms with Gasteiger partial charge in [0, 0.05) is 43.0 Å². The fraction of sp³-hybridized carbons (Fsp3) is 0.286. The minimum atomic E-state index is -0.156. The number of pyridine rings is 2. The van der Waals surface area contributed by atoms with E-state index in [1.165, 1.54) is 0 Å². The first-order valence-corrected chi connectivity index (χ1v) is 5.62. The van der Waals surface area contributed by atoms with Gasteiger partial charge in [0.2, 0.25) is 0 Å². The zero-order valence-corrected chi connectivity index (χ0v) is 10.4. The molecule has 4 nitrogen and oxygen atoms in total. The van der Waals surface area contributed by atoms with E-state index in [4.69, 9.17) is 11.2 Å². The van der Waals surface area contributed by atoms with E-state index in [0.29, 0.717) is 18.7 Å². The van der Waals surface area contributed by atoms with E-state index in [9.17, 15) is 4.79 Å². The van der Waals surface area contributed by atoms with Crippen molar-refractivity contribution in [2.45, 2.75) is 13.5 Å². The Morgan fingerprint density at radius 3 is 2.94 bits per heavy atom. The number of rotatable bonds is 3. The first-order valence-electron chi connectivity index (χ1n) is 5.62. The van der Waals surface area contributed by atoms with E-state index in [1.54, 1.807) is 30.3 Å². The molecule has 0 atom stereocenters. The smallest absolute Gasteiger partial charge is 0.267 e. The van der Waals surface area contributed by atoms with Crippen LogP contribution in [0.25, 0.3) is 10.8 Å². The third kappa shape index (κ3) is 2.01. The van der Waals surface area contributed by atoms with Crippen molar-refractivity contribution in [2.24, 2.45) is 0 Å². The maximum absolute atomic E-state index is 12.2. The molecule has 4 heteroatoms. The Morgan fingerprint density at radius 2 is 2.28 bits per heavy atom. The van der Waals surface area contributed by atoms with Crippen LogP contribution in [-0.2, 0) is 11.3 Å². The molecule has 0 aliphatic rings. The molecule has 92 valence electrons. The minimum Gasteiger partial charge on any atom is -0.383 e. The lowest BCUT2D eigenvalue weighted by atomic mass is 10.1. The summed E-state index contributed by atoms with van der Waals surface area (Å²) >= 11 is 0. The molecule has 2 aromatic heterocycles. The molecule has 0 spiro atoms. The Labute approximate surface area is 105 Å². The second kappa shape index (κ2) is 5.03. The predicted octanol–water partition coefficient (Wildman–Crippen LogP) is 1.33. The summed E-state index contributed by atoms with van der Waals surface area (Å²) in [4.78, 5) is 16.3. The van der Waals surface area contributed by atoms with Gasteiger partial charge in [-0.05, 0) is 12.5 Å². The number of methoxy groups -OCH3 is 1. The van der Waals surface area contributed by atoms with Crippen molar-refractivity contribution in [2.75, 3.05) is 13.7 Å². The highest BCUT2D eigenvalue weighted by atomic mass is 16.5. The lowest BCUT2D eigenvalue weighted by Crippen LogP contribution is -2.24. The van der Waals surface area contributed by atoms with Crippen LogP contribution in [-0.4, -0.2) is 23.3 Å². The molecule has 0 fully saturated rings. The zero-order chi connectivity index (χ0) is 13.1. The van der Waals surface area contributed by atoms with Crippen LogP contribution in [0, 0.1) is 19.3 Å². The quantitative estimate of drug-likeness (QED) is 0.763. The van der Waals surface area contributed by atoms with Crippen LogP contribution in [0.3, 0.4) is 0 Å². The van der Waals surface area contributed by atoms with Gasteiger partial charge in [-0.3, -0.25) is 9.78 Å². The van der Waals surface area contributed by atoms with Crippen molar-refractivity contribution in [1.29, 1.82) is 0 Å². The topological polar surface area (TPSA) is 44.1 Å². The van der Waals surface area contributed by atoms with Gasteiger partial charge >= 0.3 is 0 Å². The minimum absolute atomic E-state index is 0.156. The summed E-state index contributed by atoms with van der Waals surface area (Å²) in [6.07, 6.45) is 10.7. The van der Waals surface area contributed by atoms with Crippen molar-refractivity contribution >= 4 is 10.8 Å². The number of aryl methyl sites for hydroxylation is 1. The van der Waals surface area contributed by atoms with Crippen LogP contribution >= 0.6 is 0 Å². The molecule has 0 unspecified atom stereocenters. The summed E-state index contributed by atoms with van der Waals surface area (Å²) in [5.74, 6) is 2.49. The van der Waals surface area contributed by atoms with Gasteiger partial charge < -0.3 is 9.30 Å². The van der Waals surface area contributed by atoms with Gasteiger partial charge in [-0.1, -0.05) is 5.92 Å². The lowest BCUT2D eigenvalue weighted by Gasteiger charge is -2.10. The number of aromatic nitrogens is 2. The fourth-order valence-corrected chi connectivity index (χ4v) is 1.99. The standard InChI is InChI=1S/C14H14N2O2/c1-4-12-13-10(2)7-15-8-11(13)9-16(14(12)17)5-6-18-3/h1,7-9H,5-6H2,2-3H3. The number of hydrogen-bond acceptors (Lipinski definition) is 3. The molecule has 0 saturated carbocycles. The Hall–Kier alpha value is -2.12. The van der Waals surface area contributed by atoms with Crippen LogP contribution in [0.4, 0.5) is 0 Å². The van der Waals surface area contributed by atoms with Crippen LogP contribution in [0.15, 0.2) is 23.4 Å². The van der Waals surface area contributed by atoms with E-state index in [0.717, 1.165) is 16.3 Å². The van der Waals surface area contributed by atoms with Gasteiger partial charge in [-0.15, -0.1) is 6.42 Å². The molecule has 0 aromatic carbocycles. The second-order valence-corrected chi connectivity index (χ2v) is 4.06. The van der Waals surface area contributed by atoms with Crippen molar-refractivity contribution in [3.63, 3.8) is 0 Å². The molecule has 0 bridgehead atoms. The molecule has 0 N–H and O–H groups in total. The molecule has 2 rings (SSSR count). The van der Waals surface area contributed by atoms with E-state index in [2.05, 4.69) is 10.9 Å². The number of nitrogens with zero attached hydrogens (tertiary/aromatic N) is 2. The van der Waals surface area contributed by atoms with E-state index in [1.807, 2.05) is 6.92 Å². The molecule has 0 aliphatic heterocycles. The normalized spacial score (nSPS) is 10.5. The number of terminal acetylenes is 1. The van der Waals surface area contributed by atoms with E-state index in [-0.39, 0.29) is 5.56 Å². The van der Waals surface area contributed by atoms with Gasteiger partial charge in [0.05, 0.1) is 12.2 Å². The average molecular weight is 242 g/mol. The molecule has 0 radical (unpaired) electrons. The van der Waals surface area contributed by atoms with E-state index < -0.39 is 0 Å². The van der Waals surface area contributed by atoms with Gasteiger partial charge in [0.15, 0.2) is 0 Å². The Morgan fingerprint density at radius 1 is 1.50 bits per heavy atom. The van der Waals surface area contributed by atoms with Crippen molar-refractivity contribution in [1.82, 2.24) is 9.55 Å². The Bertz CT molecular complexity index is 680. The summed E-state index contributed by atoms with van der Waals surface area (Å²) in [6, 6.07) is 0. The first kappa shape index (κ1) is 12.3. The maximum atomic E-state index is 12.2. The Kier molecular flexibility index (Phi) is 3.45. The zero-order valence-electron chi connectivity index (χ0n) is 10.4. The molecule has 2 aromatic rings. The first-order chi connectivity index (χ1) is 8.69. The third-order valence-corrected chi connectivity index (χ3v) is 2.87. The predicted molar refractivity (Wildman–Crippen MR) is 70.6 cm³/mol. The second-order valence-electron chi connectivity index (χ2n) is 4.06. The van der Waals surface area contributed by atoms with Crippen LogP contribution in [0.1, 0.15) is 11.1 Å². The summed E-state index contributed by atoms with van der Waals surface area (Å²) in [7, 11) is 1.60. The largest absolute Gasteiger partial charge is 0.383 e. The van der Waals surface area contributed by atoms with Gasteiger partial charge in [0.1, 0.15) is 0 Å². The number of fused-ring (bicyclic) bond motifs is 1. The Balaban J connectivity index is 2.76. The molecular weight excluding hydrogens is 228 g/mol. The maximum Gasteiger partial charge on any atom is 0.267 e. The van der Waals surface area contributed by atoms with Crippen LogP contribution < -0.4 is 5.56 Å².